The van der Waals surface area contributed by atoms with E-state index in [1.807, 2.05) is 0 Å². The Balaban J connectivity index is 1.52. The Morgan fingerprint density at radius 1 is 1.17 bits per heavy atom. The summed E-state index contributed by atoms with van der Waals surface area (Å²) in [7, 11) is 1.65. The second kappa shape index (κ2) is 9.84. The SMILES string of the molecule is CN(c1nc(-c2cc(-c3ccon3)n(Cc3ccccc3F)n2)ncc1F)[C@@H]1CCCC[C@H]1C(=O)O. The fourth-order valence-electron chi connectivity index (χ4n) is 4.73. The first-order chi connectivity index (χ1) is 17.4. The molecule has 186 valence electrons. The third-order valence-electron chi connectivity index (χ3n) is 6.59. The number of carbonyl (C=O) groups is 1. The van der Waals surface area contributed by atoms with Crippen LogP contribution in [0.1, 0.15) is 31.2 Å². The normalized spacial score (nSPS) is 17.8. The number of rotatable bonds is 7. The van der Waals surface area contributed by atoms with E-state index >= 15 is 0 Å². The number of aromatic nitrogens is 5. The largest absolute Gasteiger partial charge is 0.481 e. The van der Waals surface area contributed by atoms with Crippen LogP contribution < -0.4 is 4.90 Å². The van der Waals surface area contributed by atoms with Crippen LogP contribution in [0.25, 0.3) is 22.9 Å². The Morgan fingerprint density at radius 3 is 2.72 bits per heavy atom. The van der Waals surface area contributed by atoms with Crippen molar-refractivity contribution in [2.24, 2.45) is 5.92 Å². The van der Waals surface area contributed by atoms with Gasteiger partial charge < -0.3 is 14.5 Å². The summed E-state index contributed by atoms with van der Waals surface area (Å²) in [6.07, 6.45) is 5.31. The number of hydrogen-bond donors (Lipinski definition) is 1. The molecule has 3 aromatic heterocycles. The first-order valence-electron chi connectivity index (χ1n) is 11.6. The van der Waals surface area contributed by atoms with Gasteiger partial charge in [-0.15, -0.1) is 0 Å². The summed E-state index contributed by atoms with van der Waals surface area (Å²) in [5.74, 6) is -2.38. The van der Waals surface area contributed by atoms with E-state index < -0.39 is 23.7 Å². The highest BCUT2D eigenvalue weighted by molar-refractivity contribution is 5.72. The first kappa shape index (κ1) is 23.6. The highest BCUT2D eigenvalue weighted by Crippen LogP contribution is 2.32. The fourth-order valence-corrected chi connectivity index (χ4v) is 4.73. The predicted octanol–water partition coefficient (Wildman–Crippen LogP) is 4.40. The van der Waals surface area contributed by atoms with E-state index in [0.29, 0.717) is 35.5 Å². The summed E-state index contributed by atoms with van der Waals surface area (Å²) in [6.45, 7) is 0.116. The zero-order valence-electron chi connectivity index (χ0n) is 19.5. The van der Waals surface area contributed by atoms with E-state index in [4.69, 9.17) is 4.52 Å². The molecule has 0 spiro atoms. The molecule has 11 heteroatoms. The first-order valence-corrected chi connectivity index (χ1v) is 11.6. The van der Waals surface area contributed by atoms with E-state index in [1.54, 1.807) is 47.0 Å². The van der Waals surface area contributed by atoms with Crippen molar-refractivity contribution >= 4 is 11.8 Å². The molecule has 1 aliphatic rings. The topological polar surface area (TPSA) is 110 Å². The van der Waals surface area contributed by atoms with E-state index in [9.17, 15) is 18.7 Å². The molecule has 1 fully saturated rings. The van der Waals surface area contributed by atoms with Gasteiger partial charge in [0.25, 0.3) is 0 Å². The van der Waals surface area contributed by atoms with Crippen LogP contribution in [-0.2, 0) is 11.3 Å². The van der Waals surface area contributed by atoms with Crippen LogP contribution in [-0.4, -0.2) is 49.1 Å². The van der Waals surface area contributed by atoms with Crippen LogP contribution >= 0.6 is 0 Å². The molecule has 3 heterocycles. The number of carboxylic acid groups (broad SMARTS) is 1. The van der Waals surface area contributed by atoms with E-state index in [0.717, 1.165) is 19.0 Å². The van der Waals surface area contributed by atoms with Gasteiger partial charge in [-0.1, -0.05) is 36.2 Å². The zero-order chi connectivity index (χ0) is 25.2. The maximum Gasteiger partial charge on any atom is 0.308 e. The molecule has 0 unspecified atom stereocenters. The van der Waals surface area contributed by atoms with Gasteiger partial charge in [0.15, 0.2) is 17.5 Å². The van der Waals surface area contributed by atoms with Crippen LogP contribution in [0.2, 0.25) is 0 Å². The van der Waals surface area contributed by atoms with Crippen LogP contribution in [0.15, 0.2) is 53.4 Å². The molecule has 0 bridgehead atoms. The van der Waals surface area contributed by atoms with Gasteiger partial charge in [-0.25, -0.2) is 18.7 Å². The van der Waals surface area contributed by atoms with Crippen LogP contribution in [0.5, 0.6) is 0 Å². The average Bonchev–Trinajstić information content (AvgIpc) is 3.55. The second-order valence-corrected chi connectivity index (χ2v) is 8.82. The highest BCUT2D eigenvalue weighted by atomic mass is 19.1. The average molecular weight is 495 g/mol. The Kier molecular flexibility index (Phi) is 6.45. The molecular weight excluding hydrogens is 470 g/mol. The minimum atomic E-state index is -0.898. The molecule has 1 aromatic carbocycles. The molecule has 0 saturated heterocycles. The molecule has 2 atom stereocenters. The molecular formula is C25H24F2N6O3. The minimum Gasteiger partial charge on any atom is -0.481 e. The minimum absolute atomic E-state index is 0.00444. The molecule has 1 saturated carbocycles. The Labute approximate surface area is 205 Å². The number of carboxylic acids is 1. The second-order valence-electron chi connectivity index (χ2n) is 8.82. The lowest BCUT2D eigenvalue weighted by atomic mass is 9.83. The summed E-state index contributed by atoms with van der Waals surface area (Å²) in [6, 6.07) is 9.31. The Hall–Kier alpha value is -4.15. The van der Waals surface area contributed by atoms with Crippen molar-refractivity contribution in [1.82, 2.24) is 24.9 Å². The summed E-state index contributed by atoms with van der Waals surface area (Å²) in [4.78, 5) is 21.9. The highest BCUT2D eigenvalue weighted by Gasteiger charge is 2.35. The monoisotopic (exact) mass is 494 g/mol. The van der Waals surface area contributed by atoms with Crippen molar-refractivity contribution in [3.05, 3.63) is 66.1 Å². The molecule has 0 radical (unpaired) electrons. The van der Waals surface area contributed by atoms with Crippen LogP contribution in [0.4, 0.5) is 14.6 Å². The lowest BCUT2D eigenvalue weighted by Crippen LogP contribution is -2.44. The van der Waals surface area contributed by atoms with Crippen LogP contribution in [0, 0.1) is 17.6 Å². The summed E-state index contributed by atoms with van der Waals surface area (Å²) < 4.78 is 35.7. The number of halogens is 2. The van der Waals surface area contributed by atoms with Gasteiger partial charge >= 0.3 is 5.97 Å². The third kappa shape index (κ3) is 4.56. The van der Waals surface area contributed by atoms with Gasteiger partial charge in [0.2, 0.25) is 0 Å². The van der Waals surface area contributed by atoms with Gasteiger partial charge in [0, 0.05) is 24.7 Å². The summed E-state index contributed by atoms with van der Waals surface area (Å²) >= 11 is 0. The number of anilines is 1. The van der Waals surface area contributed by atoms with Crippen molar-refractivity contribution < 1.29 is 23.2 Å². The summed E-state index contributed by atoms with van der Waals surface area (Å²) in [5, 5.41) is 18.2. The van der Waals surface area contributed by atoms with E-state index in [1.165, 1.54) is 12.3 Å². The van der Waals surface area contributed by atoms with Crippen molar-refractivity contribution in [2.45, 2.75) is 38.3 Å². The molecule has 0 aliphatic heterocycles. The maximum atomic E-state index is 14.9. The smallest absolute Gasteiger partial charge is 0.308 e. The Bertz CT molecular complexity index is 1370. The van der Waals surface area contributed by atoms with Crippen LogP contribution in [0.3, 0.4) is 0 Å². The lowest BCUT2D eigenvalue weighted by molar-refractivity contribution is -0.143. The molecule has 1 N–H and O–H groups in total. The van der Waals surface area contributed by atoms with Gasteiger partial charge in [-0.3, -0.25) is 9.48 Å². The predicted molar refractivity (Wildman–Crippen MR) is 126 cm³/mol. The molecule has 9 nitrogen and oxygen atoms in total. The van der Waals surface area contributed by atoms with Gasteiger partial charge in [0.05, 0.1) is 24.4 Å². The van der Waals surface area contributed by atoms with Gasteiger partial charge in [0.1, 0.15) is 23.5 Å². The third-order valence-corrected chi connectivity index (χ3v) is 6.59. The standard InChI is InChI=1S/C25H24F2N6O3/c1-32(21-9-5-3-7-16(21)25(34)35)24-18(27)13-28-23(29-24)20-12-22(19-10-11-36-31-19)33(30-20)14-15-6-2-4-8-17(15)26/h2,4,6,8,10-13,16,21H,3,5,7,9,14H2,1H3,(H,34,35)/t16-,21-/m1/s1. The van der Waals surface area contributed by atoms with Gasteiger partial charge in [-0.05, 0) is 25.0 Å². The van der Waals surface area contributed by atoms with E-state index in [2.05, 4.69) is 20.2 Å². The lowest BCUT2D eigenvalue weighted by Gasteiger charge is -2.36. The quantitative estimate of drug-likeness (QED) is 0.403. The number of aliphatic carboxylic acids is 1. The van der Waals surface area contributed by atoms with Crippen molar-refractivity contribution in [3.63, 3.8) is 0 Å². The fraction of sp³-hybridized carbons (Fsp3) is 0.320. The zero-order valence-corrected chi connectivity index (χ0v) is 19.5. The number of benzene rings is 1. The molecule has 5 rings (SSSR count). The summed E-state index contributed by atoms with van der Waals surface area (Å²) in [5.41, 5.74) is 1.78. The molecule has 36 heavy (non-hydrogen) atoms. The number of hydrogen-bond acceptors (Lipinski definition) is 7. The molecule has 0 amide bonds. The van der Waals surface area contributed by atoms with Crippen molar-refractivity contribution in [3.8, 4) is 22.9 Å². The van der Waals surface area contributed by atoms with Gasteiger partial charge in [-0.2, -0.15) is 5.10 Å². The maximum absolute atomic E-state index is 14.9. The van der Waals surface area contributed by atoms with Crippen molar-refractivity contribution in [1.29, 1.82) is 0 Å². The van der Waals surface area contributed by atoms with Crippen molar-refractivity contribution in [2.75, 3.05) is 11.9 Å². The molecule has 1 aliphatic carbocycles. The van der Waals surface area contributed by atoms with E-state index in [-0.39, 0.29) is 24.0 Å². The Morgan fingerprint density at radius 2 is 1.97 bits per heavy atom. The number of nitrogens with zero attached hydrogens (tertiary/aromatic N) is 6. The molecule has 4 aromatic rings.